The standard InChI is InChI=1S/C16H23FN2.BrH/c1-2-3-4-5-6-11-18-12-13-19(14-18)16-9-7-15(17)8-10-16;/h7-10,12-13H,2-6,11,14H2,1H3;1H. The van der Waals surface area contributed by atoms with Gasteiger partial charge in [-0.25, -0.2) is 4.39 Å². The number of anilines is 1. The lowest BCUT2D eigenvalue weighted by Gasteiger charge is -2.21. The van der Waals surface area contributed by atoms with Crippen LogP contribution in [0.25, 0.3) is 0 Å². The molecule has 4 heteroatoms. The summed E-state index contributed by atoms with van der Waals surface area (Å²) < 4.78 is 12.9. The fourth-order valence-electron chi connectivity index (χ4n) is 2.33. The number of hydrogen-bond acceptors (Lipinski definition) is 2. The largest absolute Gasteiger partial charge is 0.358 e. The zero-order chi connectivity index (χ0) is 13.5. The first kappa shape index (κ1) is 17.0. The van der Waals surface area contributed by atoms with Crippen LogP contribution in [0, 0.1) is 5.82 Å². The lowest BCUT2D eigenvalue weighted by Crippen LogP contribution is -2.25. The monoisotopic (exact) mass is 342 g/mol. The van der Waals surface area contributed by atoms with Gasteiger partial charge in [-0.2, -0.15) is 0 Å². The molecule has 0 saturated carbocycles. The van der Waals surface area contributed by atoms with E-state index < -0.39 is 0 Å². The van der Waals surface area contributed by atoms with Crippen molar-refractivity contribution in [2.45, 2.75) is 39.0 Å². The van der Waals surface area contributed by atoms with Crippen LogP contribution in [0.1, 0.15) is 39.0 Å². The highest BCUT2D eigenvalue weighted by molar-refractivity contribution is 8.93. The first-order chi connectivity index (χ1) is 9.29. The Morgan fingerprint density at radius 2 is 1.70 bits per heavy atom. The highest BCUT2D eigenvalue weighted by atomic mass is 79.9. The summed E-state index contributed by atoms with van der Waals surface area (Å²) in [7, 11) is 0. The van der Waals surface area contributed by atoms with Crippen molar-refractivity contribution in [3.63, 3.8) is 0 Å². The van der Waals surface area contributed by atoms with E-state index in [4.69, 9.17) is 0 Å². The van der Waals surface area contributed by atoms with Crippen LogP contribution in [0.4, 0.5) is 10.1 Å². The maximum absolute atomic E-state index is 12.9. The number of rotatable bonds is 7. The molecule has 2 rings (SSSR count). The van der Waals surface area contributed by atoms with E-state index in [1.165, 1.54) is 44.2 Å². The molecule has 0 aliphatic carbocycles. The zero-order valence-electron chi connectivity index (χ0n) is 12.1. The summed E-state index contributed by atoms with van der Waals surface area (Å²) in [6, 6.07) is 6.67. The molecule has 0 atom stereocenters. The van der Waals surface area contributed by atoms with Gasteiger partial charge in [0.1, 0.15) is 5.82 Å². The third kappa shape index (κ3) is 5.16. The second-order valence-corrected chi connectivity index (χ2v) is 5.11. The summed E-state index contributed by atoms with van der Waals surface area (Å²) >= 11 is 0. The van der Waals surface area contributed by atoms with E-state index >= 15 is 0 Å². The predicted molar refractivity (Wildman–Crippen MR) is 88.7 cm³/mol. The van der Waals surface area contributed by atoms with Crippen molar-refractivity contribution in [3.8, 4) is 0 Å². The molecule has 2 nitrogen and oxygen atoms in total. The summed E-state index contributed by atoms with van der Waals surface area (Å²) in [5.41, 5.74) is 1.05. The van der Waals surface area contributed by atoms with Gasteiger partial charge in [-0.3, -0.25) is 0 Å². The Kier molecular flexibility index (Phi) is 7.67. The van der Waals surface area contributed by atoms with Crippen molar-refractivity contribution in [1.82, 2.24) is 4.90 Å². The second-order valence-electron chi connectivity index (χ2n) is 5.11. The number of hydrogen-bond donors (Lipinski definition) is 0. The van der Waals surface area contributed by atoms with Gasteiger partial charge in [0.05, 0.1) is 6.67 Å². The molecule has 1 aromatic carbocycles. The van der Waals surface area contributed by atoms with Gasteiger partial charge in [0.15, 0.2) is 0 Å². The quantitative estimate of drug-likeness (QED) is 0.648. The van der Waals surface area contributed by atoms with Crippen LogP contribution in [-0.4, -0.2) is 18.1 Å². The number of nitrogens with zero attached hydrogens (tertiary/aromatic N) is 2. The minimum atomic E-state index is -0.181. The molecule has 0 aromatic heterocycles. The Labute approximate surface area is 132 Å². The Hall–Kier alpha value is -1.03. The molecule has 112 valence electrons. The molecule has 1 aliphatic heterocycles. The molecular formula is C16H24BrFN2. The lowest BCUT2D eigenvalue weighted by molar-refractivity contribution is 0.389. The second kappa shape index (κ2) is 9.01. The molecule has 0 fully saturated rings. The molecule has 0 spiro atoms. The van der Waals surface area contributed by atoms with E-state index in [2.05, 4.69) is 29.1 Å². The average molecular weight is 343 g/mol. The summed E-state index contributed by atoms with van der Waals surface area (Å²) in [4.78, 5) is 4.46. The molecule has 0 N–H and O–H groups in total. The fraction of sp³-hybridized carbons (Fsp3) is 0.500. The Morgan fingerprint density at radius 3 is 2.40 bits per heavy atom. The van der Waals surface area contributed by atoms with Crippen molar-refractivity contribution in [1.29, 1.82) is 0 Å². The molecule has 0 saturated heterocycles. The molecule has 1 aliphatic rings. The third-order valence-electron chi connectivity index (χ3n) is 3.50. The molecule has 0 radical (unpaired) electrons. The van der Waals surface area contributed by atoms with E-state index in [1.807, 2.05) is 12.1 Å². The van der Waals surface area contributed by atoms with Crippen molar-refractivity contribution in [2.24, 2.45) is 0 Å². The van der Waals surface area contributed by atoms with Gasteiger partial charge in [0, 0.05) is 24.6 Å². The summed E-state index contributed by atoms with van der Waals surface area (Å²) in [5, 5.41) is 0. The predicted octanol–water partition coefficient (Wildman–Crippen LogP) is 4.92. The van der Waals surface area contributed by atoms with Gasteiger partial charge in [0.25, 0.3) is 0 Å². The van der Waals surface area contributed by atoms with Crippen LogP contribution in [0.5, 0.6) is 0 Å². The summed E-state index contributed by atoms with van der Waals surface area (Å²) in [5.74, 6) is -0.181. The Bertz CT molecular complexity index is 405. The smallest absolute Gasteiger partial charge is 0.123 e. The molecule has 1 aromatic rings. The number of halogens is 2. The molecular weight excluding hydrogens is 319 g/mol. The molecule has 20 heavy (non-hydrogen) atoms. The molecule has 1 heterocycles. The van der Waals surface area contributed by atoms with Crippen LogP contribution in [0.2, 0.25) is 0 Å². The molecule has 0 amide bonds. The van der Waals surface area contributed by atoms with Gasteiger partial charge in [0.2, 0.25) is 0 Å². The van der Waals surface area contributed by atoms with Crippen LogP contribution >= 0.6 is 17.0 Å². The van der Waals surface area contributed by atoms with E-state index in [1.54, 1.807) is 0 Å². The van der Waals surface area contributed by atoms with E-state index in [0.717, 1.165) is 18.9 Å². The first-order valence-electron chi connectivity index (χ1n) is 7.24. The van der Waals surface area contributed by atoms with Gasteiger partial charge in [-0.15, -0.1) is 17.0 Å². The van der Waals surface area contributed by atoms with Crippen molar-refractivity contribution >= 4 is 22.7 Å². The normalized spacial score (nSPS) is 13.7. The van der Waals surface area contributed by atoms with Crippen LogP contribution in [-0.2, 0) is 0 Å². The maximum Gasteiger partial charge on any atom is 0.123 e. The van der Waals surface area contributed by atoms with Gasteiger partial charge in [-0.1, -0.05) is 32.6 Å². The Balaban J connectivity index is 0.00000200. The average Bonchev–Trinajstić information content (AvgIpc) is 2.88. The highest BCUT2D eigenvalue weighted by Crippen LogP contribution is 2.19. The zero-order valence-corrected chi connectivity index (χ0v) is 13.8. The summed E-state index contributed by atoms with van der Waals surface area (Å²) in [6.07, 6.45) is 10.7. The SMILES string of the molecule is Br.CCCCCCCN1C=CN(c2ccc(F)cc2)C1. The minimum absolute atomic E-state index is 0. The van der Waals surface area contributed by atoms with E-state index in [0.29, 0.717) is 0 Å². The van der Waals surface area contributed by atoms with Crippen molar-refractivity contribution in [2.75, 3.05) is 18.1 Å². The Morgan fingerprint density at radius 1 is 1.00 bits per heavy atom. The maximum atomic E-state index is 12.9. The molecule has 0 bridgehead atoms. The van der Waals surface area contributed by atoms with Crippen molar-refractivity contribution < 1.29 is 4.39 Å². The fourth-order valence-corrected chi connectivity index (χ4v) is 2.33. The van der Waals surface area contributed by atoms with Crippen LogP contribution in [0.3, 0.4) is 0 Å². The minimum Gasteiger partial charge on any atom is -0.358 e. The van der Waals surface area contributed by atoms with Gasteiger partial charge < -0.3 is 9.80 Å². The molecule has 0 unspecified atom stereocenters. The lowest BCUT2D eigenvalue weighted by atomic mass is 10.1. The van der Waals surface area contributed by atoms with Gasteiger partial charge in [-0.05, 0) is 30.7 Å². The van der Waals surface area contributed by atoms with E-state index in [-0.39, 0.29) is 22.8 Å². The third-order valence-corrected chi connectivity index (χ3v) is 3.50. The van der Waals surface area contributed by atoms with Crippen molar-refractivity contribution in [3.05, 3.63) is 42.5 Å². The van der Waals surface area contributed by atoms with Crippen LogP contribution in [0.15, 0.2) is 36.7 Å². The number of benzene rings is 1. The van der Waals surface area contributed by atoms with Crippen LogP contribution < -0.4 is 4.90 Å². The highest BCUT2D eigenvalue weighted by Gasteiger charge is 2.13. The number of unbranched alkanes of at least 4 members (excludes halogenated alkanes) is 4. The first-order valence-corrected chi connectivity index (χ1v) is 7.24. The summed E-state index contributed by atoms with van der Waals surface area (Å²) in [6.45, 7) is 4.22. The van der Waals surface area contributed by atoms with E-state index in [9.17, 15) is 4.39 Å². The topological polar surface area (TPSA) is 6.48 Å². The van der Waals surface area contributed by atoms with Gasteiger partial charge >= 0.3 is 0 Å².